The zero-order chi connectivity index (χ0) is 23.1. The highest BCUT2D eigenvalue weighted by molar-refractivity contribution is 5.94. The Labute approximate surface area is 191 Å². The first kappa shape index (κ1) is 21.8. The van der Waals surface area contributed by atoms with Crippen LogP contribution in [-0.2, 0) is 0 Å². The molecule has 1 aliphatic heterocycles. The van der Waals surface area contributed by atoms with Crippen LogP contribution in [0.2, 0.25) is 0 Å². The van der Waals surface area contributed by atoms with Crippen molar-refractivity contribution in [3.05, 3.63) is 77.2 Å². The number of hydrogen-bond acceptors (Lipinski definition) is 3. The van der Waals surface area contributed by atoms with Gasteiger partial charge >= 0.3 is 0 Å². The van der Waals surface area contributed by atoms with E-state index < -0.39 is 17.8 Å². The van der Waals surface area contributed by atoms with Crippen LogP contribution in [0.4, 0.5) is 8.78 Å². The second kappa shape index (κ2) is 8.71. The van der Waals surface area contributed by atoms with Gasteiger partial charge in [-0.3, -0.25) is 4.79 Å². The lowest BCUT2D eigenvalue weighted by molar-refractivity contribution is 0.0649. The summed E-state index contributed by atoms with van der Waals surface area (Å²) in [4.78, 5) is 16.0. The first-order valence-corrected chi connectivity index (χ1v) is 11.5. The van der Waals surface area contributed by atoms with E-state index in [9.17, 15) is 18.7 Å². The second-order valence-corrected chi connectivity index (χ2v) is 9.14. The van der Waals surface area contributed by atoms with Crippen molar-refractivity contribution in [2.75, 3.05) is 7.05 Å². The Morgan fingerprint density at radius 1 is 1.18 bits per heavy atom. The first-order chi connectivity index (χ1) is 16.0. The highest BCUT2D eigenvalue weighted by Gasteiger charge is 2.35. The topological polar surface area (TPSA) is 67.2 Å². The predicted molar refractivity (Wildman–Crippen MR) is 121 cm³/mol. The highest BCUT2D eigenvalue weighted by Crippen LogP contribution is 2.45. The van der Waals surface area contributed by atoms with Crippen molar-refractivity contribution in [3.63, 3.8) is 0 Å². The lowest BCUT2D eigenvalue weighted by atomic mass is 9.75. The highest BCUT2D eigenvalue weighted by atomic mass is 19.1. The SMILES string of the molecule is CNC(=O)c1ccc(C2CCC(C(O)CC3c4c(F)cccc4-c4cncn43)CC2)cc1F. The third-order valence-electron chi connectivity index (χ3n) is 7.38. The number of hydrogen-bond donors (Lipinski definition) is 2. The van der Waals surface area contributed by atoms with Crippen molar-refractivity contribution in [2.45, 2.75) is 50.2 Å². The number of nitrogens with zero attached hydrogens (tertiary/aromatic N) is 2. The minimum absolute atomic E-state index is 0.0494. The fourth-order valence-corrected chi connectivity index (χ4v) is 5.59. The summed E-state index contributed by atoms with van der Waals surface area (Å²) in [6.45, 7) is 0. The van der Waals surface area contributed by atoms with Crippen molar-refractivity contribution in [1.82, 2.24) is 14.9 Å². The Morgan fingerprint density at radius 3 is 2.70 bits per heavy atom. The van der Waals surface area contributed by atoms with Gasteiger partial charge in [0.2, 0.25) is 0 Å². The Hall–Kier alpha value is -3.06. The monoisotopic (exact) mass is 451 g/mol. The zero-order valence-electron chi connectivity index (χ0n) is 18.5. The van der Waals surface area contributed by atoms with Crippen LogP contribution in [0.5, 0.6) is 0 Å². The molecule has 5 rings (SSSR count). The number of amides is 1. The van der Waals surface area contributed by atoms with Crippen molar-refractivity contribution in [3.8, 4) is 11.3 Å². The predicted octanol–water partition coefficient (Wildman–Crippen LogP) is 4.82. The van der Waals surface area contributed by atoms with Crippen LogP contribution in [0.15, 0.2) is 48.9 Å². The number of aliphatic hydroxyl groups excluding tert-OH is 1. The maximum Gasteiger partial charge on any atom is 0.253 e. The summed E-state index contributed by atoms with van der Waals surface area (Å²) in [6, 6.07) is 9.64. The van der Waals surface area contributed by atoms with E-state index >= 15 is 0 Å². The van der Waals surface area contributed by atoms with Gasteiger partial charge in [-0.05, 0) is 67.7 Å². The largest absolute Gasteiger partial charge is 0.393 e. The van der Waals surface area contributed by atoms with Gasteiger partial charge in [-0.1, -0.05) is 18.2 Å². The number of carbonyl (C=O) groups excluding carboxylic acids is 1. The van der Waals surface area contributed by atoms with Gasteiger partial charge in [-0.2, -0.15) is 0 Å². The lowest BCUT2D eigenvalue weighted by Crippen LogP contribution is -2.28. The molecule has 1 amide bonds. The van der Waals surface area contributed by atoms with Crippen molar-refractivity contribution in [1.29, 1.82) is 0 Å². The van der Waals surface area contributed by atoms with Gasteiger partial charge < -0.3 is 15.0 Å². The zero-order valence-corrected chi connectivity index (χ0v) is 18.5. The maximum atomic E-state index is 14.7. The fraction of sp³-hybridized carbons (Fsp3) is 0.385. The number of imidazole rings is 1. The summed E-state index contributed by atoms with van der Waals surface area (Å²) >= 11 is 0. The van der Waals surface area contributed by atoms with E-state index in [0.717, 1.165) is 42.5 Å². The number of rotatable bonds is 5. The molecule has 2 heterocycles. The van der Waals surface area contributed by atoms with Crippen LogP contribution >= 0.6 is 0 Å². The number of benzene rings is 2. The van der Waals surface area contributed by atoms with Gasteiger partial charge in [-0.15, -0.1) is 0 Å². The third kappa shape index (κ3) is 3.84. The second-order valence-electron chi connectivity index (χ2n) is 9.14. The van der Waals surface area contributed by atoms with Gasteiger partial charge in [0.1, 0.15) is 11.6 Å². The molecule has 1 aliphatic carbocycles. The molecule has 0 saturated heterocycles. The van der Waals surface area contributed by atoms with Crippen LogP contribution in [-0.4, -0.2) is 33.7 Å². The molecule has 0 spiro atoms. The molecule has 5 nitrogen and oxygen atoms in total. The van der Waals surface area contributed by atoms with E-state index in [0.29, 0.717) is 12.0 Å². The van der Waals surface area contributed by atoms with Gasteiger partial charge in [0.15, 0.2) is 0 Å². The van der Waals surface area contributed by atoms with E-state index in [4.69, 9.17) is 0 Å². The molecular weight excluding hydrogens is 424 g/mol. The molecule has 2 atom stereocenters. The average Bonchev–Trinajstić information content (AvgIpc) is 3.42. The van der Waals surface area contributed by atoms with Crippen molar-refractivity contribution in [2.24, 2.45) is 5.92 Å². The molecule has 7 heteroatoms. The molecule has 1 aromatic heterocycles. The maximum absolute atomic E-state index is 14.7. The van der Waals surface area contributed by atoms with Crippen LogP contribution in [0.1, 0.15) is 65.5 Å². The summed E-state index contributed by atoms with van der Waals surface area (Å²) in [5.74, 6) is -0.881. The van der Waals surface area contributed by atoms with E-state index in [2.05, 4.69) is 10.3 Å². The Kier molecular flexibility index (Phi) is 5.74. The van der Waals surface area contributed by atoms with Gasteiger partial charge in [0.25, 0.3) is 5.91 Å². The van der Waals surface area contributed by atoms with E-state index in [-0.39, 0.29) is 29.3 Å². The first-order valence-electron chi connectivity index (χ1n) is 11.5. The Bertz CT molecular complexity index is 1180. The number of halogens is 2. The number of carbonyl (C=O) groups is 1. The summed E-state index contributed by atoms with van der Waals surface area (Å²) in [6.07, 6.45) is 6.63. The van der Waals surface area contributed by atoms with Crippen LogP contribution in [0, 0.1) is 17.6 Å². The minimum Gasteiger partial charge on any atom is -0.393 e. The summed E-state index contributed by atoms with van der Waals surface area (Å²) in [7, 11) is 1.48. The molecule has 1 saturated carbocycles. The van der Waals surface area contributed by atoms with Gasteiger partial charge in [0.05, 0.1) is 35.9 Å². The van der Waals surface area contributed by atoms with Gasteiger partial charge in [0, 0.05) is 18.2 Å². The standard InChI is InChI=1S/C26H27F2N3O2/c1-29-26(33)18-10-9-17(11-21(18)28)15-5-7-16(8-6-15)24(32)12-22-25-19(3-2-4-20(25)27)23-13-30-14-31(22)23/h2-4,9-11,13-16,22,24,32H,5-8,12H2,1H3,(H,29,33). The molecule has 0 bridgehead atoms. The van der Waals surface area contributed by atoms with Gasteiger partial charge in [-0.25, -0.2) is 13.8 Å². The lowest BCUT2D eigenvalue weighted by Gasteiger charge is -2.33. The van der Waals surface area contributed by atoms with E-state index in [1.807, 2.05) is 16.7 Å². The average molecular weight is 452 g/mol. The normalized spacial score (nSPS) is 22.5. The molecular formula is C26H27F2N3O2. The van der Waals surface area contributed by atoms with Crippen molar-refractivity contribution < 1.29 is 18.7 Å². The summed E-state index contributed by atoms with van der Waals surface area (Å²) in [5, 5.41) is 13.5. The molecule has 2 aliphatic rings. The number of aromatic nitrogens is 2. The summed E-state index contributed by atoms with van der Waals surface area (Å²) < 4.78 is 31.0. The fourth-order valence-electron chi connectivity index (χ4n) is 5.59. The van der Waals surface area contributed by atoms with Crippen molar-refractivity contribution >= 4 is 5.91 Å². The van der Waals surface area contributed by atoms with Crippen LogP contribution < -0.4 is 5.32 Å². The molecule has 2 aromatic carbocycles. The van der Waals surface area contributed by atoms with Crippen LogP contribution in [0.25, 0.3) is 11.3 Å². The minimum atomic E-state index is -0.566. The molecule has 2 N–H and O–H groups in total. The summed E-state index contributed by atoms with van der Waals surface area (Å²) in [5.41, 5.74) is 3.30. The Morgan fingerprint density at radius 2 is 1.97 bits per heavy atom. The number of fused-ring (bicyclic) bond motifs is 3. The third-order valence-corrected chi connectivity index (χ3v) is 7.38. The number of nitrogens with one attached hydrogen (secondary N) is 1. The number of aliphatic hydroxyl groups is 1. The molecule has 2 unspecified atom stereocenters. The quantitative estimate of drug-likeness (QED) is 0.585. The molecule has 0 radical (unpaired) electrons. The molecule has 3 aromatic rings. The molecule has 1 fully saturated rings. The Balaban J connectivity index is 1.26. The molecule has 172 valence electrons. The van der Waals surface area contributed by atoms with E-state index in [1.54, 1.807) is 24.7 Å². The smallest absolute Gasteiger partial charge is 0.253 e. The van der Waals surface area contributed by atoms with Crippen LogP contribution in [0.3, 0.4) is 0 Å². The molecule has 33 heavy (non-hydrogen) atoms. The van der Waals surface area contributed by atoms with E-state index in [1.165, 1.54) is 19.2 Å².